The third kappa shape index (κ3) is 1.21. The van der Waals surface area contributed by atoms with Gasteiger partial charge >= 0.3 is 5.97 Å². The zero-order chi connectivity index (χ0) is 7.02. The Morgan fingerprint density at radius 3 is 2.44 bits per heavy atom. The Morgan fingerprint density at radius 2 is 2.33 bits per heavy atom. The van der Waals surface area contributed by atoms with Gasteiger partial charge in [0.2, 0.25) is 0 Å². The fraction of sp³-hybridized carbons (Fsp3) is 0.833. The van der Waals surface area contributed by atoms with Crippen molar-refractivity contribution in [3.05, 3.63) is 0 Å². The van der Waals surface area contributed by atoms with Gasteiger partial charge in [0.05, 0.1) is 0 Å². The van der Waals surface area contributed by atoms with E-state index in [4.69, 9.17) is 10.8 Å². The lowest BCUT2D eigenvalue weighted by Gasteiger charge is -2.01. The Bertz CT molecular complexity index is 135. The van der Waals surface area contributed by atoms with Crippen LogP contribution in [-0.4, -0.2) is 17.1 Å². The summed E-state index contributed by atoms with van der Waals surface area (Å²) in [6.07, 6.45) is 0.980. The van der Waals surface area contributed by atoms with Crippen molar-refractivity contribution in [3.8, 4) is 0 Å². The van der Waals surface area contributed by atoms with Gasteiger partial charge in [-0.15, -0.1) is 0 Å². The van der Waals surface area contributed by atoms with Crippen LogP contribution in [0.25, 0.3) is 0 Å². The third-order valence-electron chi connectivity index (χ3n) is 1.92. The molecule has 0 aromatic rings. The SMILES string of the molecule is CC1CC1[C@H](N)C(=O)O. The quantitative estimate of drug-likeness (QED) is 0.554. The molecule has 0 saturated heterocycles. The van der Waals surface area contributed by atoms with Gasteiger partial charge in [-0.3, -0.25) is 4.79 Å². The van der Waals surface area contributed by atoms with Crippen LogP contribution < -0.4 is 5.73 Å². The van der Waals surface area contributed by atoms with Crippen LogP contribution in [-0.2, 0) is 4.79 Å². The lowest BCUT2D eigenvalue weighted by molar-refractivity contribution is -0.139. The number of carbonyl (C=O) groups is 1. The number of rotatable bonds is 2. The average molecular weight is 129 g/mol. The second-order valence-corrected chi connectivity index (χ2v) is 2.74. The molecule has 0 heterocycles. The molecule has 0 aromatic heterocycles. The summed E-state index contributed by atoms with van der Waals surface area (Å²) >= 11 is 0. The molecule has 0 amide bonds. The number of carboxylic acid groups (broad SMARTS) is 1. The molecule has 52 valence electrons. The monoisotopic (exact) mass is 129 g/mol. The Hall–Kier alpha value is -0.570. The maximum atomic E-state index is 10.2. The van der Waals surface area contributed by atoms with Gasteiger partial charge in [-0.1, -0.05) is 6.92 Å². The number of carboxylic acids is 1. The van der Waals surface area contributed by atoms with Gasteiger partial charge in [-0.25, -0.2) is 0 Å². The van der Waals surface area contributed by atoms with E-state index in [1.807, 2.05) is 6.92 Å². The van der Waals surface area contributed by atoms with Crippen LogP contribution in [0.3, 0.4) is 0 Å². The molecule has 3 N–H and O–H groups in total. The lowest BCUT2D eigenvalue weighted by Crippen LogP contribution is -2.32. The molecule has 0 aromatic carbocycles. The molecule has 1 rings (SSSR count). The topological polar surface area (TPSA) is 63.3 Å². The maximum absolute atomic E-state index is 10.2. The number of nitrogens with two attached hydrogens (primary N) is 1. The van der Waals surface area contributed by atoms with E-state index >= 15 is 0 Å². The van der Waals surface area contributed by atoms with Crippen LogP contribution in [0, 0.1) is 11.8 Å². The van der Waals surface area contributed by atoms with Crippen molar-refractivity contribution in [2.75, 3.05) is 0 Å². The van der Waals surface area contributed by atoms with E-state index in [1.54, 1.807) is 0 Å². The highest BCUT2D eigenvalue weighted by molar-refractivity contribution is 5.74. The Balaban J connectivity index is 2.36. The first-order chi connectivity index (χ1) is 4.13. The predicted molar refractivity (Wildman–Crippen MR) is 32.9 cm³/mol. The van der Waals surface area contributed by atoms with Crippen LogP contribution in [0.2, 0.25) is 0 Å². The number of hydrogen-bond acceptors (Lipinski definition) is 2. The molecule has 1 aliphatic carbocycles. The summed E-state index contributed by atoms with van der Waals surface area (Å²) < 4.78 is 0. The minimum Gasteiger partial charge on any atom is -0.480 e. The molecule has 0 radical (unpaired) electrons. The van der Waals surface area contributed by atoms with Gasteiger partial charge in [0.25, 0.3) is 0 Å². The minimum absolute atomic E-state index is 0.238. The van der Waals surface area contributed by atoms with Gasteiger partial charge in [0, 0.05) is 0 Å². The van der Waals surface area contributed by atoms with Gasteiger partial charge in [0.15, 0.2) is 0 Å². The summed E-state index contributed by atoms with van der Waals surface area (Å²) in [5.74, 6) is -0.108. The normalized spacial score (nSPS) is 35.8. The minimum atomic E-state index is -0.871. The summed E-state index contributed by atoms with van der Waals surface area (Å²) in [5, 5.41) is 8.39. The first-order valence-electron chi connectivity index (χ1n) is 3.11. The molecule has 0 aliphatic heterocycles. The van der Waals surface area contributed by atoms with Crippen LogP contribution in [0.15, 0.2) is 0 Å². The summed E-state index contributed by atoms with van der Waals surface area (Å²) in [7, 11) is 0. The van der Waals surface area contributed by atoms with E-state index in [-0.39, 0.29) is 5.92 Å². The van der Waals surface area contributed by atoms with E-state index in [9.17, 15) is 4.79 Å². The highest BCUT2D eigenvalue weighted by Crippen LogP contribution is 2.39. The molecular formula is C6H11NO2. The highest BCUT2D eigenvalue weighted by Gasteiger charge is 2.40. The fourth-order valence-corrected chi connectivity index (χ4v) is 1.03. The standard InChI is InChI=1S/C6H11NO2/c1-3-2-4(3)5(7)6(8)9/h3-5H,2,7H2,1H3,(H,8,9)/t3?,4?,5-/m0/s1. The van der Waals surface area contributed by atoms with Crippen molar-refractivity contribution in [1.29, 1.82) is 0 Å². The van der Waals surface area contributed by atoms with Gasteiger partial charge < -0.3 is 10.8 Å². The molecule has 1 saturated carbocycles. The van der Waals surface area contributed by atoms with E-state index in [2.05, 4.69) is 0 Å². The van der Waals surface area contributed by atoms with Crippen molar-refractivity contribution in [2.45, 2.75) is 19.4 Å². The summed E-state index contributed by atoms with van der Waals surface area (Å²) in [6, 6.07) is -0.625. The maximum Gasteiger partial charge on any atom is 0.320 e. The van der Waals surface area contributed by atoms with E-state index in [0.717, 1.165) is 6.42 Å². The summed E-state index contributed by atoms with van der Waals surface area (Å²) in [6.45, 7) is 2.02. The fourth-order valence-electron chi connectivity index (χ4n) is 1.03. The van der Waals surface area contributed by atoms with Gasteiger partial charge in [-0.05, 0) is 18.3 Å². The van der Waals surface area contributed by atoms with Crippen LogP contribution >= 0.6 is 0 Å². The summed E-state index contributed by atoms with van der Waals surface area (Å²) in [5.41, 5.74) is 5.31. The predicted octanol–water partition coefficient (Wildman–Crippen LogP) is 0.0543. The number of aliphatic carboxylic acids is 1. The van der Waals surface area contributed by atoms with E-state index in [0.29, 0.717) is 5.92 Å². The van der Waals surface area contributed by atoms with Crippen LogP contribution in [0.4, 0.5) is 0 Å². The molecule has 3 heteroatoms. The van der Waals surface area contributed by atoms with Gasteiger partial charge in [0.1, 0.15) is 6.04 Å². The van der Waals surface area contributed by atoms with Gasteiger partial charge in [-0.2, -0.15) is 0 Å². The van der Waals surface area contributed by atoms with Crippen LogP contribution in [0.5, 0.6) is 0 Å². The largest absolute Gasteiger partial charge is 0.480 e. The third-order valence-corrected chi connectivity index (χ3v) is 1.92. The molecule has 1 aliphatic rings. The molecule has 1 fully saturated rings. The molecule has 2 unspecified atom stereocenters. The summed E-state index contributed by atoms with van der Waals surface area (Å²) in [4.78, 5) is 10.2. The van der Waals surface area contributed by atoms with Crippen LogP contribution in [0.1, 0.15) is 13.3 Å². The molecule has 3 nitrogen and oxygen atoms in total. The highest BCUT2D eigenvalue weighted by atomic mass is 16.4. The van der Waals surface area contributed by atoms with Crippen molar-refractivity contribution < 1.29 is 9.90 Å². The van der Waals surface area contributed by atoms with E-state index < -0.39 is 12.0 Å². The Morgan fingerprint density at radius 1 is 1.89 bits per heavy atom. The van der Waals surface area contributed by atoms with Crippen molar-refractivity contribution in [3.63, 3.8) is 0 Å². The average Bonchev–Trinajstić information content (AvgIpc) is 2.44. The number of hydrogen-bond donors (Lipinski definition) is 2. The lowest BCUT2D eigenvalue weighted by atomic mass is 10.2. The molecule has 0 bridgehead atoms. The molecule has 0 spiro atoms. The zero-order valence-corrected chi connectivity index (χ0v) is 5.37. The Labute approximate surface area is 53.9 Å². The molecular weight excluding hydrogens is 118 g/mol. The van der Waals surface area contributed by atoms with Crippen molar-refractivity contribution >= 4 is 5.97 Å². The first-order valence-corrected chi connectivity index (χ1v) is 3.11. The molecule has 9 heavy (non-hydrogen) atoms. The first kappa shape index (κ1) is 6.55. The second-order valence-electron chi connectivity index (χ2n) is 2.74. The second kappa shape index (κ2) is 1.99. The zero-order valence-electron chi connectivity index (χ0n) is 5.37. The van der Waals surface area contributed by atoms with E-state index in [1.165, 1.54) is 0 Å². The van der Waals surface area contributed by atoms with Crippen molar-refractivity contribution in [1.82, 2.24) is 0 Å². The Kier molecular flexibility index (Phi) is 1.45. The van der Waals surface area contributed by atoms with Crippen molar-refractivity contribution in [2.24, 2.45) is 17.6 Å². The smallest absolute Gasteiger partial charge is 0.320 e. The molecule has 3 atom stereocenters.